The normalized spacial score (nSPS) is 11.7. The van der Waals surface area contributed by atoms with Gasteiger partial charge in [-0.1, -0.05) is 12.1 Å². The molecule has 0 spiro atoms. The second kappa shape index (κ2) is 11.3. The standard InChI is InChI=1S/C27H28F3N7O3/c1-5-18-20(37(36-35-18)13-27(3,4)25(38)39)12-40-24-21(16-10-14(2)32-19(11-16)23(29)30)22(33-26(31)34-24)15-6-8-17(28)9-7-15/h6-11,23H,5,12-13H2,1-4H3,(H,38,39)(H2,31,33,34). The molecule has 1 aromatic carbocycles. The Labute approximate surface area is 228 Å². The first-order chi connectivity index (χ1) is 18.9. The number of aromatic nitrogens is 6. The molecule has 40 heavy (non-hydrogen) atoms. The Morgan fingerprint density at radius 3 is 2.45 bits per heavy atom. The number of carboxylic acid groups (broad SMARTS) is 1. The maximum absolute atomic E-state index is 13.7. The van der Waals surface area contributed by atoms with E-state index in [1.165, 1.54) is 35.0 Å². The zero-order valence-corrected chi connectivity index (χ0v) is 22.3. The van der Waals surface area contributed by atoms with Gasteiger partial charge in [-0.05, 0) is 69.2 Å². The molecule has 0 radical (unpaired) electrons. The lowest BCUT2D eigenvalue weighted by atomic mass is 9.94. The number of benzene rings is 1. The van der Waals surface area contributed by atoms with Crippen LogP contribution in [0.25, 0.3) is 22.4 Å². The van der Waals surface area contributed by atoms with Gasteiger partial charge in [-0.25, -0.2) is 22.8 Å². The Morgan fingerprint density at radius 1 is 1.12 bits per heavy atom. The van der Waals surface area contributed by atoms with Crippen LogP contribution in [0.4, 0.5) is 19.1 Å². The van der Waals surface area contributed by atoms with Crippen molar-refractivity contribution in [3.8, 4) is 28.3 Å². The minimum Gasteiger partial charge on any atom is -0.481 e. The number of rotatable bonds is 10. The first-order valence-electron chi connectivity index (χ1n) is 12.4. The van der Waals surface area contributed by atoms with E-state index in [0.717, 1.165) is 0 Å². The highest BCUT2D eigenvalue weighted by Gasteiger charge is 2.30. The maximum atomic E-state index is 13.7. The first-order valence-corrected chi connectivity index (χ1v) is 12.4. The van der Waals surface area contributed by atoms with Crippen molar-refractivity contribution in [2.75, 3.05) is 5.73 Å². The molecule has 3 N–H and O–H groups in total. The molecule has 0 bridgehead atoms. The Balaban J connectivity index is 1.85. The number of carboxylic acids is 1. The third kappa shape index (κ3) is 6.03. The number of anilines is 1. The molecule has 10 nitrogen and oxygen atoms in total. The molecule has 3 aromatic heterocycles. The molecule has 13 heteroatoms. The third-order valence-electron chi connectivity index (χ3n) is 6.22. The van der Waals surface area contributed by atoms with E-state index in [0.29, 0.717) is 34.6 Å². The summed E-state index contributed by atoms with van der Waals surface area (Å²) in [7, 11) is 0. The van der Waals surface area contributed by atoms with E-state index in [1.54, 1.807) is 26.8 Å². The number of ether oxygens (including phenoxy) is 1. The van der Waals surface area contributed by atoms with Gasteiger partial charge in [0.05, 0.1) is 34.6 Å². The molecular weight excluding hydrogens is 527 g/mol. The van der Waals surface area contributed by atoms with Crippen LogP contribution in [0.5, 0.6) is 5.88 Å². The van der Waals surface area contributed by atoms with Gasteiger partial charge < -0.3 is 15.6 Å². The van der Waals surface area contributed by atoms with E-state index in [2.05, 4.69) is 25.3 Å². The highest BCUT2D eigenvalue weighted by atomic mass is 19.3. The number of aryl methyl sites for hydroxylation is 2. The van der Waals surface area contributed by atoms with Gasteiger partial charge >= 0.3 is 5.97 Å². The number of alkyl halides is 2. The molecular formula is C27H28F3N7O3. The monoisotopic (exact) mass is 555 g/mol. The lowest BCUT2D eigenvalue weighted by Crippen LogP contribution is -2.30. The van der Waals surface area contributed by atoms with Gasteiger partial charge in [-0.15, -0.1) is 5.10 Å². The van der Waals surface area contributed by atoms with Crippen LogP contribution in [0, 0.1) is 18.2 Å². The van der Waals surface area contributed by atoms with Gasteiger partial charge in [0.1, 0.15) is 18.1 Å². The van der Waals surface area contributed by atoms with Crippen molar-refractivity contribution in [2.45, 2.75) is 53.7 Å². The molecule has 0 amide bonds. The van der Waals surface area contributed by atoms with Crippen LogP contribution in [-0.4, -0.2) is 41.0 Å². The topological polar surface area (TPSA) is 142 Å². The van der Waals surface area contributed by atoms with Gasteiger partial charge in [0, 0.05) is 11.3 Å². The van der Waals surface area contributed by atoms with Gasteiger partial charge in [0.25, 0.3) is 6.43 Å². The fourth-order valence-corrected chi connectivity index (χ4v) is 4.10. The number of halogens is 3. The lowest BCUT2D eigenvalue weighted by Gasteiger charge is -2.20. The first kappa shape index (κ1) is 28.5. The van der Waals surface area contributed by atoms with E-state index in [1.807, 2.05) is 6.92 Å². The summed E-state index contributed by atoms with van der Waals surface area (Å²) in [5.41, 5.74) is 7.10. The van der Waals surface area contributed by atoms with Crippen LogP contribution >= 0.6 is 0 Å². The maximum Gasteiger partial charge on any atom is 0.310 e. The van der Waals surface area contributed by atoms with Gasteiger partial charge in [0.2, 0.25) is 11.8 Å². The van der Waals surface area contributed by atoms with Gasteiger partial charge in [-0.3, -0.25) is 9.78 Å². The number of aliphatic carboxylic acids is 1. The highest BCUT2D eigenvalue weighted by Crippen LogP contribution is 2.39. The van der Waals surface area contributed by atoms with Crippen molar-refractivity contribution >= 4 is 11.9 Å². The summed E-state index contributed by atoms with van der Waals surface area (Å²) in [5.74, 6) is -1.66. The molecule has 0 saturated heterocycles. The Hall–Kier alpha value is -4.55. The second-order valence-electron chi connectivity index (χ2n) is 9.81. The number of nitrogens with two attached hydrogens (primary N) is 1. The molecule has 0 saturated carbocycles. The summed E-state index contributed by atoms with van der Waals surface area (Å²) >= 11 is 0. The minimum atomic E-state index is -2.84. The molecule has 0 fully saturated rings. The Morgan fingerprint density at radius 2 is 1.82 bits per heavy atom. The van der Waals surface area contributed by atoms with Gasteiger partial charge in [0.15, 0.2) is 0 Å². The number of hydrogen-bond donors (Lipinski definition) is 2. The number of nitrogen functional groups attached to an aromatic ring is 1. The molecule has 0 aliphatic rings. The third-order valence-corrected chi connectivity index (χ3v) is 6.22. The molecule has 4 aromatic rings. The van der Waals surface area contributed by atoms with Crippen molar-refractivity contribution in [1.29, 1.82) is 0 Å². The van der Waals surface area contributed by atoms with Crippen molar-refractivity contribution < 1.29 is 27.8 Å². The predicted molar refractivity (Wildman–Crippen MR) is 140 cm³/mol. The van der Waals surface area contributed by atoms with E-state index < -0.39 is 29.3 Å². The zero-order valence-electron chi connectivity index (χ0n) is 22.3. The molecule has 210 valence electrons. The van der Waals surface area contributed by atoms with Crippen LogP contribution in [-0.2, 0) is 24.4 Å². The van der Waals surface area contributed by atoms with E-state index in [4.69, 9.17) is 10.5 Å². The average molecular weight is 556 g/mol. The van der Waals surface area contributed by atoms with Crippen LogP contribution in [0.1, 0.15) is 50.0 Å². The van der Waals surface area contributed by atoms with Gasteiger partial charge in [-0.2, -0.15) is 4.98 Å². The summed E-state index contributed by atoms with van der Waals surface area (Å²) in [6.45, 7) is 6.47. The van der Waals surface area contributed by atoms with Crippen molar-refractivity contribution in [3.63, 3.8) is 0 Å². The predicted octanol–water partition coefficient (Wildman–Crippen LogP) is 5.02. The summed E-state index contributed by atoms with van der Waals surface area (Å²) in [6.07, 6.45) is -2.34. The van der Waals surface area contributed by atoms with Crippen molar-refractivity contribution in [3.05, 3.63) is 65.0 Å². The Kier molecular flexibility index (Phi) is 8.03. The van der Waals surface area contributed by atoms with Crippen molar-refractivity contribution in [2.24, 2.45) is 5.41 Å². The summed E-state index contributed by atoms with van der Waals surface area (Å²) < 4.78 is 48.7. The van der Waals surface area contributed by atoms with Crippen LogP contribution in [0.3, 0.4) is 0 Å². The van der Waals surface area contributed by atoms with Crippen LogP contribution in [0.15, 0.2) is 36.4 Å². The van der Waals surface area contributed by atoms with Crippen LogP contribution < -0.4 is 10.5 Å². The highest BCUT2D eigenvalue weighted by molar-refractivity contribution is 5.85. The second-order valence-corrected chi connectivity index (χ2v) is 9.81. The fourth-order valence-electron chi connectivity index (χ4n) is 4.10. The zero-order chi connectivity index (χ0) is 29.2. The number of pyridine rings is 1. The minimum absolute atomic E-state index is 0.0227. The van der Waals surface area contributed by atoms with E-state index in [-0.39, 0.29) is 36.2 Å². The molecule has 3 heterocycles. The number of carbonyl (C=O) groups is 1. The quantitative estimate of drug-likeness (QED) is 0.276. The number of hydrogen-bond acceptors (Lipinski definition) is 8. The smallest absolute Gasteiger partial charge is 0.310 e. The molecule has 0 aliphatic carbocycles. The summed E-state index contributed by atoms with van der Waals surface area (Å²) in [4.78, 5) is 24.2. The fraction of sp³-hybridized carbons (Fsp3) is 0.333. The van der Waals surface area contributed by atoms with E-state index >= 15 is 0 Å². The lowest BCUT2D eigenvalue weighted by molar-refractivity contribution is -0.147. The van der Waals surface area contributed by atoms with Crippen LogP contribution in [0.2, 0.25) is 0 Å². The number of nitrogens with zero attached hydrogens (tertiary/aromatic N) is 6. The Bertz CT molecular complexity index is 1540. The summed E-state index contributed by atoms with van der Waals surface area (Å²) in [6, 6.07) is 8.23. The van der Waals surface area contributed by atoms with Crippen molar-refractivity contribution in [1.82, 2.24) is 29.9 Å². The SMILES string of the molecule is CCc1nnn(CC(C)(C)C(=O)O)c1COc1nc(N)nc(-c2ccc(F)cc2)c1-c1cc(C)nc(C(F)F)c1. The van der Waals surface area contributed by atoms with E-state index in [9.17, 15) is 23.1 Å². The average Bonchev–Trinajstić information content (AvgIpc) is 3.27. The largest absolute Gasteiger partial charge is 0.481 e. The molecule has 4 rings (SSSR count). The summed E-state index contributed by atoms with van der Waals surface area (Å²) in [5, 5.41) is 17.9. The molecule has 0 unspecified atom stereocenters. The molecule has 0 aliphatic heterocycles. The molecule has 0 atom stereocenters.